The smallest absolute Gasteiger partial charge is 0.146 e. The van der Waals surface area contributed by atoms with Gasteiger partial charge in [-0.05, 0) is 81.6 Å². The molecule has 1 aliphatic heterocycles. The molecule has 1 fully saturated rings. The van der Waals surface area contributed by atoms with E-state index < -0.39 is 0 Å². The molecule has 4 rings (SSSR count). The Morgan fingerprint density at radius 1 is 0.881 bits per heavy atom. The summed E-state index contributed by atoms with van der Waals surface area (Å²) in [4.78, 5) is 20.4. The Hall–Kier alpha value is -3.25. The van der Waals surface area contributed by atoms with E-state index in [0.29, 0.717) is 18.8 Å². The SMILES string of the molecule is C=O.C=O.CC.Cc1ccc(-c2ccc(F)cc2)c(C(=P)N2CCN(c3ccc(C(C)OC(C)(C)C)cc3F)CC2)c1. The Morgan fingerprint density at radius 2 is 1.45 bits per heavy atom. The number of carbonyl (C=O) groups is 2. The van der Waals surface area contributed by atoms with Gasteiger partial charge in [0.25, 0.3) is 0 Å². The van der Waals surface area contributed by atoms with E-state index in [1.165, 1.54) is 12.1 Å². The Kier molecular flexibility index (Phi) is 15.5. The molecule has 0 saturated carbocycles. The predicted octanol–water partition coefficient (Wildman–Crippen LogP) is 7.92. The van der Waals surface area contributed by atoms with Gasteiger partial charge in [0.05, 0.1) is 17.4 Å². The maximum Gasteiger partial charge on any atom is 0.146 e. The van der Waals surface area contributed by atoms with E-state index in [-0.39, 0.29) is 23.3 Å². The molecule has 0 aromatic heterocycles. The second-order valence-electron chi connectivity index (χ2n) is 10.5. The molecule has 0 aliphatic carbocycles. The topological polar surface area (TPSA) is 49.9 Å². The number of nitrogens with zero attached hydrogens (tertiary/aromatic N) is 2. The van der Waals surface area contributed by atoms with Gasteiger partial charge in [-0.3, -0.25) is 4.90 Å². The molecule has 42 heavy (non-hydrogen) atoms. The van der Waals surface area contributed by atoms with Crippen molar-refractivity contribution in [1.82, 2.24) is 4.90 Å². The summed E-state index contributed by atoms with van der Waals surface area (Å²) < 4.78 is 34.6. The van der Waals surface area contributed by atoms with Crippen LogP contribution in [-0.4, -0.2) is 55.7 Å². The largest absolute Gasteiger partial charge is 0.368 e. The third-order valence-electron chi connectivity index (χ3n) is 6.49. The van der Waals surface area contributed by atoms with Crippen LogP contribution in [0.4, 0.5) is 14.5 Å². The fourth-order valence-corrected chi connectivity index (χ4v) is 5.14. The van der Waals surface area contributed by atoms with Crippen LogP contribution in [-0.2, 0) is 14.3 Å². The Bertz CT molecular complexity index is 1270. The summed E-state index contributed by atoms with van der Waals surface area (Å²) >= 11 is 0. The van der Waals surface area contributed by atoms with E-state index in [1.807, 2.05) is 67.3 Å². The van der Waals surface area contributed by atoms with Crippen LogP contribution in [0.1, 0.15) is 64.3 Å². The molecule has 3 aromatic rings. The van der Waals surface area contributed by atoms with Gasteiger partial charge in [-0.1, -0.05) is 49.7 Å². The van der Waals surface area contributed by atoms with E-state index in [9.17, 15) is 4.39 Å². The molecule has 0 N–H and O–H groups in total. The minimum Gasteiger partial charge on any atom is -0.368 e. The molecule has 1 unspecified atom stereocenters. The lowest BCUT2D eigenvalue weighted by molar-refractivity contribution is -0.0987. The van der Waals surface area contributed by atoms with Crippen molar-refractivity contribution >= 4 is 33.5 Å². The number of carbonyl (C=O) groups excluding carboxylic acids is 2. The molecule has 1 saturated heterocycles. The first-order valence-corrected chi connectivity index (χ1v) is 14.5. The molecule has 5 nitrogen and oxygen atoms in total. The third-order valence-corrected chi connectivity index (χ3v) is 7.08. The van der Waals surface area contributed by atoms with Gasteiger partial charge in [0.15, 0.2) is 0 Å². The molecule has 1 heterocycles. The lowest BCUT2D eigenvalue weighted by atomic mass is 9.97. The van der Waals surface area contributed by atoms with Crippen LogP contribution < -0.4 is 4.90 Å². The zero-order valence-corrected chi connectivity index (χ0v) is 27.0. The lowest BCUT2D eigenvalue weighted by Gasteiger charge is -2.37. The first-order chi connectivity index (χ1) is 20.0. The van der Waals surface area contributed by atoms with E-state index >= 15 is 4.39 Å². The van der Waals surface area contributed by atoms with Crippen LogP contribution in [0.15, 0.2) is 60.7 Å². The van der Waals surface area contributed by atoms with E-state index in [0.717, 1.165) is 46.3 Å². The van der Waals surface area contributed by atoms with E-state index in [2.05, 4.69) is 43.8 Å². The van der Waals surface area contributed by atoms with Crippen molar-refractivity contribution in [3.05, 3.63) is 89.0 Å². The number of rotatable bonds is 6. The number of hydrogen-bond acceptors (Lipinski definition) is 4. The van der Waals surface area contributed by atoms with Crippen molar-refractivity contribution in [2.75, 3.05) is 31.1 Å². The second kappa shape index (κ2) is 17.6. The Morgan fingerprint density at radius 3 is 1.98 bits per heavy atom. The minimum absolute atomic E-state index is 0.180. The number of ether oxygens (including phenoxy) is 1. The van der Waals surface area contributed by atoms with Gasteiger partial charge < -0.3 is 19.2 Å². The quantitative estimate of drug-likeness (QED) is 0.270. The summed E-state index contributed by atoms with van der Waals surface area (Å²) in [5.41, 5.74) is 6.39. The zero-order valence-electron chi connectivity index (χ0n) is 26.0. The van der Waals surface area contributed by atoms with Crippen molar-refractivity contribution < 1.29 is 23.1 Å². The number of benzene rings is 3. The maximum atomic E-state index is 15.1. The molecule has 3 aromatic carbocycles. The average molecular weight is 599 g/mol. The molecule has 0 spiro atoms. The van der Waals surface area contributed by atoms with Crippen LogP contribution in [0.3, 0.4) is 0 Å². The van der Waals surface area contributed by atoms with Crippen molar-refractivity contribution in [2.24, 2.45) is 0 Å². The number of aryl methyl sites for hydroxylation is 1. The predicted molar refractivity (Wildman–Crippen MR) is 174 cm³/mol. The summed E-state index contributed by atoms with van der Waals surface area (Å²) in [6.07, 6.45) is -0.180. The van der Waals surface area contributed by atoms with Crippen LogP contribution in [0.25, 0.3) is 11.1 Å². The highest BCUT2D eigenvalue weighted by Gasteiger charge is 2.24. The van der Waals surface area contributed by atoms with Crippen molar-refractivity contribution in [3.8, 4) is 11.1 Å². The normalized spacial score (nSPS) is 13.8. The van der Waals surface area contributed by atoms with E-state index in [4.69, 9.17) is 14.3 Å². The molecular formula is C34H45F2N2O3P. The molecule has 228 valence electrons. The number of hydrogen-bond donors (Lipinski definition) is 0. The van der Waals surface area contributed by atoms with E-state index in [1.54, 1.807) is 18.2 Å². The van der Waals surface area contributed by atoms with Gasteiger partial charge in [0, 0.05) is 37.2 Å². The summed E-state index contributed by atoms with van der Waals surface area (Å²) in [6.45, 7) is 20.9. The summed E-state index contributed by atoms with van der Waals surface area (Å²) in [6, 6.07) is 18.3. The number of halogens is 2. The fraction of sp³-hybridized carbons (Fsp3) is 0.382. The first-order valence-electron chi connectivity index (χ1n) is 14.0. The van der Waals surface area contributed by atoms with Gasteiger partial charge in [0.1, 0.15) is 25.2 Å². The van der Waals surface area contributed by atoms with Crippen molar-refractivity contribution in [2.45, 2.75) is 60.2 Å². The Balaban J connectivity index is 0.00000138. The highest BCUT2D eigenvalue weighted by Crippen LogP contribution is 2.30. The third kappa shape index (κ3) is 10.2. The van der Waals surface area contributed by atoms with Gasteiger partial charge in [-0.2, -0.15) is 0 Å². The van der Waals surface area contributed by atoms with Crippen molar-refractivity contribution in [3.63, 3.8) is 0 Å². The standard InChI is InChI=1S/C30H35F2N2OP.C2H6.2CH2O/c1-20-6-12-25(22-7-10-24(31)11-8-22)26(18-20)29(36)34-16-14-33(15-17-34)28-13-9-23(19-27(28)32)21(2)35-30(3,4)5;3*1-2/h6-13,18-19,21,36H,14-17H2,1-5H3;1-2H3;2*1H2. The fourth-order valence-electron chi connectivity index (χ4n) is 4.71. The van der Waals surface area contributed by atoms with Gasteiger partial charge in [-0.15, -0.1) is 8.86 Å². The highest BCUT2D eigenvalue weighted by molar-refractivity contribution is 7.22. The molecule has 8 heteroatoms. The molecule has 1 atom stereocenters. The van der Waals surface area contributed by atoms with Crippen LogP contribution in [0, 0.1) is 18.6 Å². The number of piperazine rings is 1. The molecule has 0 bridgehead atoms. The second-order valence-corrected chi connectivity index (χ2v) is 10.9. The summed E-state index contributed by atoms with van der Waals surface area (Å²) in [5.74, 6) is -0.465. The highest BCUT2D eigenvalue weighted by atomic mass is 31.0. The van der Waals surface area contributed by atoms with Gasteiger partial charge in [0.2, 0.25) is 0 Å². The van der Waals surface area contributed by atoms with Crippen LogP contribution in [0.5, 0.6) is 0 Å². The molecule has 0 amide bonds. The minimum atomic E-state index is -0.289. The van der Waals surface area contributed by atoms with Gasteiger partial charge in [-0.25, -0.2) is 8.78 Å². The zero-order chi connectivity index (χ0) is 32.0. The molecule has 1 aliphatic rings. The molecular weight excluding hydrogens is 553 g/mol. The maximum absolute atomic E-state index is 15.1. The summed E-state index contributed by atoms with van der Waals surface area (Å²) in [7, 11) is 3.91. The lowest BCUT2D eigenvalue weighted by Crippen LogP contribution is -2.48. The summed E-state index contributed by atoms with van der Waals surface area (Å²) in [5, 5.41) is 0. The van der Waals surface area contributed by atoms with Crippen LogP contribution in [0.2, 0.25) is 0 Å². The van der Waals surface area contributed by atoms with Gasteiger partial charge >= 0.3 is 0 Å². The van der Waals surface area contributed by atoms with Crippen LogP contribution >= 0.6 is 8.86 Å². The Labute approximate surface area is 252 Å². The average Bonchev–Trinajstić information content (AvgIpc) is 2.99. The monoisotopic (exact) mass is 598 g/mol. The number of anilines is 1. The first kappa shape index (κ1) is 36.8. The van der Waals surface area contributed by atoms with Crippen molar-refractivity contribution in [1.29, 1.82) is 0 Å². The molecule has 0 radical (unpaired) electrons.